The van der Waals surface area contributed by atoms with Crippen LogP contribution in [0.3, 0.4) is 0 Å². The molecule has 108 valence electrons. The molecule has 0 aliphatic rings. The Morgan fingerprint density at radius 1 is 0.950 bits per heavy atom. The van der Waals surface area contributed by atoms with E-state index in [4.69, 9.17) is 0 Å². The summed E-state index contributed by atoms with van der Waals surface area (Å²) in [6.07, 6.45) is 5.47. The standard InChI is InChI=1S/C17H24N2O/c1-16(2,3)13-9-12(19-8-7-18-11-19)10-14(15(13)20)17(4,5)6/h7-11,20H,1-6H3. The Morgan fingerprint density at radius 3 is 1.80 bits per heavy atom. The molecule has 2 aromatic rings. The van der Waals surface area contributed by atoms with Gasteiger partial charge in [0.05, 0.1) is 6.33 Å². The van der Waals surface area contributed by atoms with Crippen LogP contribution >= 0.6 is 0 Å². The summed E-state index contributed by atoms with van der Waals surface area (Å²) in [5.41, 5.74) is 2.75. The largest absolute Gasteiger partial charge is 0.507 e. The number of hydrogen-bond donors (Lipinski definition) is 1. The highest BCUT2D eigenvalue weighted by Crippen LogP contribution is 2.40. The molecule has 0 spiro atoms. The lowest BCUT2D eigenvalue weighted by atomic mass is 9.79. The van der Waals surface area contributed by atoms with Crippen molar-refractivity contribution in [2.45, 2.75) is 52.4 Å². The lowest BCUT2D eigenvalue weighted by molar-refractivity contribution is 0.423. The number of hydrogen-bond acceptors (Lipinski definition) is 2. The first-order valence-corrected chi connectivity index (χ1v) is 6.97. The molecule has 1 N–H and O–H groups in total. The zero-order chi connectivity index (χ0) is 15.1. The molecule has 0 fully saturated rings. The minimum Gasteiger partial charge on any atom is -0.507 e. The van der Waals surface area contributed by atoms with Crippen LogP contribution in [0.4, 0.5) is 0 Å². The first-order chi connectivity index (χ1) is 9.10. The maximum Gasteiger partial charge on any atom is 0.123 e. The number of aromatic nitrogens is 2. The molecule has 0 aliphatic carbocycles. The van der Waals surface area contributed by atoms with Crippen molar-refractivity contribution in [3.63, 3.8) is 0 Å². The van der Waals surface area contributed by atoms with Crippen LogP contribution < -0.4 is 0 Å². The fourth-order valence-electron chi connectivity index (χ4n) is 2.32. The molecular formula is C17H24N2O. The molecule has 1 aromatic heterocycles. The van der Waals surface area contributed by atoms with E-state index in [-0.39, 0.29) is 10.8 Å². The fourth-order valence-corrected chi connectivity index (χ4v) is 2.32. The molecule has 3 nitrogen and oxygen atoms in total. The molecule has 1 aromatic carbocycles. The minimum absolute atomic E-state index is 0.110. The zero-order valence-electron chi connectivity index (χ0n) is 13.2. The summed E-state index contributed by atoms with van der Waals surface area (Å²) in [7, 11) is 0. The van der Waals surface area contributed by atoms with E-state index in [2.05, 4.69) is 46.5 Å². The number of benzene rings is 1. The quantitative estimate of drug-likeness (QED) is 0.846. The predicted octanol–water partition coefficient (Wildman–Crippen LogP) is 4.17. The number of rotatable bonds is 1. The van der Waals surface area contributed by atoms with Gasteiger partial charge in [0.15, 0.2) is 0 Å². The molecule has 0 saturated carbocycles. The third kappa shape index (κ3) is 2.72. The van der Waals surface area contributed by atoms with Gasteiger partial charge < -0.3 is 9.67 Å². The monoisotopic (exact) mass is 272 g/mol. The van der Waals surface area contributed by atoms with Gasteiger partial charge >= 0.3 is 0 Å². The molecule has 1 heterocycles. The Morgan fingerprint density at radius 2 is 1.45 bits per heavy atom. The predicted molar refractivity (Wildman–Crippen MR) is 82.6 cm³/mol. The summed E-state index contributed by atoms with van der Waals surface area (Å²) in [5.74, 6) is 0.411. The second-order valence-electron chi connectivity index (χ2n) is 7.36. The fraction of sp³-hybridized carbons (Fsp3) is 0.471. The molecule has 0 atom stereocenters. The Kier molecular flexibility index (Phi) is 3.41. The number of phenols is 1. The van der Waals surface area contributed by atoms with Gasteiger partial charge in [0, 0.05) is 29.2 Å². The Hall–Kier alpha value is -1.77. The van der Waals surface area contributed by atoms with Crippen LogP contribution in [0.5, 0.6) is 5.75 Å². The smallest absolute Gasteiger partial charge is 0.123 e. The lowest BCUT2D eigenvalue weighted by Crippen LogP contribution is -2.18. The van der Waals surface area contributed by atoms with Crippen LogP contribution in [-0.4, -0.2) is 14.7 Å². The summed E-state index contributed by atoms with van der Waals surface area (Å²) in [6.45, 7) is 12.7. The zero-order valence-corrected chi connectivity index (χ0v) is 13.2. The molecule has 20 heavy (non-hydrogen) atoms. The lowest BCUT2D eigenvalue weighted by Gasteiger charge is -2.28. The van der Waals surface area contributed by atoms with Crippen LogP contribution in [-0.2, 0) is 10.8 Å². The average Bonchev–Trinajstić information content (AvgIpc) is 2.79. The Balaban J connectivity index is 2.74. The minimum atomic E-state index is -0.110. The SMILES string of the molecule is CC(C)(C)c1cc(-n2ccnc2)cc(C(C)(C)C)c1O. The topological polar surface area (TPSA) is 38.0 Å². The van der Waals surface area contributed by atoms with E-state index in [1.807, 2.05) is 22.9 Å². The Bertz CT molecular complexity index is 564. The van der Waals surface area contributed by atoms with E-state index in [9.17, 15) is 5.11 Å². The number of aromatic hydroxyl groups is 1. The van der Waals surface area contributed by atoms with Gasteiger partial charge in [-0.1, -0.05) is 41.5 Å². The van der Waals surface area contributed by atoms with E-state index in [0.29, 0.717) is 5.75 Å². The van der Waals surface area contributed by atoms with Gasteiger partial charge in [0.2, 0.25) is 0 Å². The molecule has 2 rings (SSSR count). The van der Waals surface area contributed by atoms with Crippen molar-refractivity contribution >= 4 is 0 Å². The van der Waals surface area contributed by atoms with Crippen molar-refractivity contribution in [3.05, 3.63) is 42.0 Å². The third-order valence-corrected chi connectivity index (χ3v) is 3.51. The second kappa shape index (κ2) is 4.65. The van der Waals surface area contributed by atoms with E-state index in [1.54, 1.807) is 12.5 Å². The van der Waals surface area contributed by atoms with E-state index in [1.165, 1.54) is 0 Å². The van der Waals surface area contributed by atoms with Gasteiger partial charge in [-0.25, -0.2) is 4.98 Å². The third-order valence-electron chi connectivity index (χ3n) is 3.51. The van der Waals surface area contributed by atoms with Gasteiger partial charge in [-0.2, -0.15) is 0 Å². The number of nitrogens with zero attached hydrogens (tertiary/aromatic N) is 2. The summed E-state index contributed by atoms with van der Waals surface area (Å²) in [6, 6.07) is 4.10. The first kappa shape index (κ1) is 14.6. The number of imidazole rings is 1. The molecule has 0 radical (unpaired) electrons. The van der Waals surface area contributed by atoms with E-state index >= 15 is 0 Å². The van der Waals surface area contributed by atoms with Crippen LogP contribution in [0.25, 0.3) is 5.69 Å². The highest BCUT2D eigenvalue weighted by molar-refractivity contribution is 5.54. The summed E-state index contributed by atoms with van der Waals surface area (Å²) in [4.78, 5) is 4.11. The summed E-state index contributed by atoms with van der Waals surface area (Å²) < 4.78 is 1.98. The van der Waals surface area contributed by atoms with Crippen molar-refractivity contribution < 1.29 is 5.11 Å². The van der Waals surface area contributed by atoms with E-state index < -0.39 is 0 Å². The molecule has 0 unspecified atom stereocenters. The second-order valence-corrected chi connectivity index (χ2v) is 7.36. The molecule has 0 saturated heterocycles. The molecule has 0 amide bonds. The van der Waals surface area contributed by atoms with E-state index in [0.717, 1.165) is 16.8 Å². The van der Waals surface area contributed by atoms with Crippen molar-refractivity contribution in [1.29, 1.82) is 0 Å². The van der Waals surface area contributed by atoms with Crippen LogP contribution in [0, 0.1) is 0 Å². The molecule has 3 heteroatoms. The summed E-state index contributed by atoms with van der Waals surface area (Å²) in [5, 5.41) is 10.7. The van der Waals surface area contributed by atoms with Crippen molar-refractivity contribution in [3.8, 4) is 11.4 Å². The van der Waals surface area contributed by atoms with Crippen molar-refractivity contribution in [1.82, 2.24) is 9.55 Å². The normalized spacial score (nSPS) is 12.7. The van der Waals surface area contributed by atoms with Gasteiger partial charge in [0.1, 0.15) is 5.75 Å². The maximum absolute atomic E-state index is 10.7. The first-order valence-electron chi connectivity index (χ1n) is 6.97. The molecular weight excluding hydrogens is 248 g/mol. The van der Waals surface area contributed by atoms with Gasteiger partial charge in [-0.15, -0.1) is 0 Å². The molecule has 0 bridgehead atoms. The van der Waals surface area contributed by atoms with Crippen molar-refractivity contribution in [2.75, 3.05) is 0 Å². The highest BCUT2D eigenvalue weighted by Gasteiger charge is 2.26. The van der Waals surface area contributed by atoms with Crippen LogP contribution in [0.15, 0.2) is 30.9 Å². The highest BCUT2D eigenvalue weighted by atomic mass is 16.3. The number of phenolic OH excluding ortho intramolecular Hbond substituents is 1. The Labute approximate surface area is 121 Å². The van der Waals surface area contributed by atoms with Gasteiger partial charge in [-0.3, -0.25) is 0 Å². The molecule has 0 aliphatic heterocycles. The van der Waals surface area contributed by atoms with Gasteiger partial charge in [-0.05, 0) is 23.0 Å². The summed E-state index contributed by atoms with van der Waals surface area (Å²) >= 11 is 0. The van der Waals surface area contributed by atoms with Crippen LogP contribution in [0.2, 0.25) is 0 Å². The average molecular weight is 272 g/mol. The maximum atomic E-state index is 10.7. The van der Waals surface area contributed by atoms with Gasteiger partial charge in [0.25, 0.3) is 0 Å². The van der Waals surface area contributed by atoms with Crippen molar-refractivity contribution in [2.24, 2.45) is 0 Å². The van der Waals surface area contributed by atoms with Crippen LogP contribution in [0.1, 0.15) is 52.7 Å².